The van der Waals surface area contributed by atoms with E-state index in [1.165, 1.54) is 128 Å². The van der Waals surface area contributed by atoms with Crippen molar-refractivity contribution in [2.45, 2.75) is 193 Å². The average molecular weight is 658 g/mol. The van der Waals surface area contributed by atoms with Crippen molar-refractivity contribution < 1.29 is 14.3 Å². The maximum atomic E-state index is 12.4. The molecule has 0 aliphatic rings. The molecular weight excluding hydrogens is 578 g/mol. The van der Waals surface area contributed by atoms with Crippen molar-refractivity contribution >= 4 is 6.16 Å². The van der Waals surface area contributed by atoms with Crippen LogP contribution >= 0.6 is 0 Å². The quantitative estimate of drug-likeness (QED) is 0.0386. The van der Waals surface area contributed by atoms with Gasteiger partial charge in [-0.2, -0.15) is 0 Å². The van der Waals surface area contributed by atoms with Crippen LogP contribution in [-0.2, 0) is 9.47 Å². The third-order valence-corrected chi connectivity index (χ3v) is 8.69. The second-order valence-electron chi connectivity index (χ2n) is 13.7. The van der Waals surface area contributed by atoms with E-state index in [0.717, 1.165) is 51.5 Å². The minimum Gasteiger partial charge on any atom is -0.434 e. The zero-order valence-electron chi connectivity index (χ0n) is 31.9. The van der Waals surface area contributed by atoms with E-state index in [2.05, 4.69) is 67.4 Å². The van der Waals surface area contributed by atoms with Crippen molar-refractivity contribution in [1.82, 2.24) is 4.90 Å². The predicted molar refractivity (Wildman–Crippen MR) is 207 cm³/mol. The fraction of sp³-hybridized carbons (Fsp3) is 0.791. The summed E-state index contributed by atoms with van der Waals surface area (Å²) in [6.45, 7) is 5.86. The van der Waals surface area contributed by atoms with Crippen LogP contribution in [0.15, 0.2) is 48.6 Å². The largest absolute Gasteiger partial charge is 0.508 e. The summed E-state index contributed by atoms with van der Waals surface area (Å²) < 4.78 is 11.2. The Hall–Kier alpha value is -1.81. The van der Waals surface area contributed by atoms with Gasteiger partial charge < -0.3 is 14.4 Å². The van der Waals surface area contributed by atoms with Crippen molar-refractivity contribution in [2.24, 2.45) is 0 Å². The highest BCUT2D eigenvalue weighted by molar-refractivity contribution is 5.60. The van der Waals surface area contributed by atoms with E-state index in [1.54, 1.807) is 0 Å². The molecule has 0 bridgehead atoms. The summed E-state index contributed by atoms with van der Waals surface area (Å²) in [6, 6.07) is 0. The first-order valence-corrected chi connectivity index (χ1v) is 20.2. The lowest BCUT2D eigenvalue weighted by molar-refractivity contribution is 0.0150. The predicted octanol–water partition coefficient (Wildman–Crippen LogP) is 13.9. The van der Waals surface area contributed by atoms with Crippen LogP contribution in [-0.4, -0.2) is 44.4 Å². The summed E-state index contributed by atoms with van der Waals surface area (Å²) in [6.07, 6.45) is 50.9. The lowest BCUT2D eigenvalue weighted by Gasteiger charge is -2.18. The first kappa shape index (κ1) is 45.2. The van der Waals surface area contributed by atoms with Crippen LogP contribution in [0.25, 0.3) is 0 Å². The van der Waals surface area contributed by atoms with Crippen LogP contribution in [0.1, 0.15) is 187 Å². The monoisotopic (exact) mass is 658 g/mol. The van der Waals surface area contributed by atoms with Gasteiger partial charge in [0.1, 0.15) is 6.10 Å². The van der Waals surface area contributed by atoms with Gasteiger partial charge in [-0.15, -0.1) is 0 Å². The number of ether oxygens (including phenoxy) is 2. The minimum absolute atomic E-state index is 0.00647. The highest BCUT2D eigenvalue weighted by Crippen LogP contribution is 2.18. The second-order valence-corrected chi connectivity index (χ2v) is 13.7. The van der Waals surface area contributed by atoms with Crippen molar-refractivity contribution in [2.75, 3.05) is 27.2 Å². The average Bonchev–Trinajstić information content (AvgIpc) is 3.06. The number of hydrogen-bond donors (Lipinski definition) is 0. The van der Waals surface area contributed by atoms with Crippen LogP contribution in [0.3, 0.4) is 0 Å². The highest BCUT2D eigenvalue weighted by Gasteiger charge is 2.15. The van der Waals surface area contributed by atoms with E-state index < -0.39 is 6.16 Å². The Labute approximate surface area is 293 Å². The molecule has 0 saturated carbocycles. The molecule has 0 heterocycles. The van der Waals surface area contributed by atoms with Gasteiger partial charge in [-0.1, -0.05) is 140 Å². The summed E-state index contributed by atoms with van der Waals surface area (Å²) in [7, 11) is 4.07. The number of nitrogens with zero attached hydrogens (tertiary/aromatic N) is 1. The smallest absolute Gasteiger partial charge is 0.434 e. The van der Waals surface area contributed by atoms with E-state index in [1.807, 2.05) is 14.1 Å². The highest BCUT2D eigenvalue weighted by atomic mass is 16.7. The van der Waals surface area contributed by atoms with Gasteiger partial charge in [0.05, 0.1) is 6.61 Å². The maximum Gasteiger partial charge on any atom is 0.508 e. The molecule has 4 heteroatoms. The fourth-order valence-electron chi connectivity index (χ4n) is 5.69. The van der Waals surface area contributed by atoms with Crippen LogP contribution in [0, 0.1) is 0 Å². The number of allylic oxidation sites excluding steroid dienone is 8. The third kappa shape index (κ3) is 38.5. The molecule has 0 amide bonds. The summed E-state index contributed by atoms with van der Waals surface area (Å²) >= 11 is 0. The third-order valence-electron chi connectivity index (χ3n) is 8.69. The molecule has 0 aliphatic carbocycles. The molecule has 0 aromatic heterocycles. The minimum atomic E-state index is -0.478. The lowest BCUT2D eigenvalue weighted by Crippen LogP contribution is -2.21. The Morgan fingerprint density at radius 1 is 0.511 bits per heavy atom. The van der Waals surface area contributed by atoms with Crippen molar-refractivity contribution in [3.8, 4) is 0 Å². The number of rotatable bonds is 35. The van der Waals surface area contributed by atoms with Gasteiger partial charge in [0.15, 0.2) is 0 Å². The van der Waals surface area contributed by atoms with Gasteiger partial charge in [0, 0.05) is 6.54 Å². The molecule has 47 heavy (non-hydrogen) atoms. The summed E-state index contributed by atoms with van der Waals surface area (Å²) in [5, 5.41) is 0. The molecule has 274 valence electrons. The van der Waals surface area contributed by atoms with Gasteiger partial charge in [-0.25, -0.2) is 4.79 Å². The van der Waals surface area contributed by atoms with E-state index in [-0.39, 0.29) is 6.10 Å². The van der Waals surface area contributed by atoms with Crippen LogP contribution in [0.5, 0.6) is 0 Å². The van der Waals surface area contributed by atoms with Gasteiger partial charge in [-0.3, -0.25) is 0 Å². The SMILES string of the molecule is CCCCC/C=C\C/C=C\CCCCCCCCC(CCCCCCCC/C=C\C/C=C\CCCCC)OC(=O)OCCCN(C)C. The van der Waals surface area contributed by atoms with Crippen LogP contribution in [0.4, 0.5) is 4.79 Å². The first-order chi connectivity index (χ1) is 23.1. The Morgan fingerprint density at radius 2 is 0.894 bits per heavy atom. The number of hydrogen-bond acceptors (Lipinski definition) is 4. The number of unbranched alkanes of at least 4 members (excludes halogenated alkanes) is 18. The van der Waals surface area contributed by atoms with Gasteiger partial charge in [0.25, 0.3) is 0 Å². The van der Waals surface area contributed by atoms with E-state index in [4.69, 9.17) is 9.47 Å². The van der Waals surface area contributed by atoms with Crippen molar-refractivity contribution in [3.63, 3.8) is 0 Å². The Bertz CT molecular complexity index is 706. The maximum absolute atomic E-state index is 12.4. The molecule has 0 saturated heterocycles. The molecule has 0 atom stereocenters. The second kappa shape index (κ2) is 38.6. The molecule has 0 aliphatic heterocycles. The van der Waals surface area contributed by atoms with Crippen molar-refractivity contribution in [3.05, 3.63) is 48.6 Å². The Morgan fingerprint density at radius 3 is 1.30 bits per heavy atom. The first-order valence-electron chi connectivity index (χ1n) is 20.2. The number of carbonyl (C=O) groups is 1. The molecule has 4 nitrogen and oxygen atoms in total. The molecule has 0 fully saturated rings. The van der Waals surface area contributed by atoms with E-state index in [0.29, 0.717) is 6.61 Å². The van der Waals surface area contributed by atoms with E-state index in [9.17, 15) is 4.79 Å². The molecule has 0 N–H and O–H groups in total. The molecule has 0 aromatic rings. The topological polar surface area (TPSA) is 38.8 Å². The molecule has 0 aromatic carbocycles. The van der Waals surface area contributed by atoms with Gasteiger partial charge in [-0.05, 0) is 110 Å². The van der Waals surface area contributed by atoms with Gasteiger partial charge >= 0.3 is 6.16 Å². The molecule has 0 spiro atoms. The van der Waals surface area contributed by atoms with Crippen LogP contribution in [0.2, 0.25) is 0 Å². The molecular formula is C43H79NO3. The fourth-order valence-corrected chi connectivity index (χ4v) is 5.69. The molecule has 0 radical (unpaired) electrons. The zero-order valence-corrected chi connectivity index (χ0v) is 31.9. The summed E-state index contributed by atoms with van der Waals surface area (Å²) in [5.41, 5.74) is 0. The van der Waals surface area contributed by atoms with Crippen LogP contribution < -0.4 is 0 Å². The van der Waals surface area contributed by atoms with E-state index >= 15 is 0 Å². The number of carbonyl (C=O) groups excluding carboxylic acids is 1. The Kier molecular flexibility index (Phi) is 37.1. The Balaban J connectivity index is 4.06. The molecule has 0 unspecified atom stereocenters. The van der Waals surface area contributed by atoms with Gasteiger partial charge in [0.2, 0.25) is 0 Å². The zero-order chi connectivity index (χ0) is 34.3. The lowest BCUT2D eigenvalue weighted by atomic mass is 10.0. The summed E-state index contributed by atoms with van der Waals surface area (Å²) in [5.74, 6) is 0. The molecule has 0 rings (SSSR count). The normalized spacial score (nSPS) is 12.3. The summed E-state index contributed by atoms with van der Waals surface area (Å²) in [4.78, 5) is 14.5. The standard InChI is InChI=1S/C43H79NO3/c1-5-7-9-11-13-15-17-19-21-23-25-27-29-31-33-35-38-42(47-43(45)46-41-37-40-44(3)4)39-36-34-32-30-28-26-24-22-20-18-16-14-12-10-8-6-2/h13-16,19-22,42H,5-12,17-18,23-41H2,1-4H3/b15-13-,16-14-,21-19-,22-20-. The van der Waals surface area contributed by atoms with Crippen molar-refractivity contribution in [1.29, 1.82) is 0 Å².